The zero-order valence-corrected chi connectivity index (χ0v) is 10.3. The number of aliphatic hydroxyl groups is 1. The molecule has 0 spiro atoms. The number of hydrogen-bond acceptors (Lipinski definition) is 1. The van der Waals surface area contributed by atoms with E-state index in [1.54, 1.807) is 0 Å². The van der Waals surface area contributed by atoms with Crippen molar-refractivity contribution in [3.63, 3.8) is 0 Å². The zero-order chi connectivity index (χ0) is 10.6. The van der Waals surface area contributed by atoms with E-state index in [4.69, 9.17) is 0 Å². The fourth-order valence-corrected chi connectivity index (χ4v) is 4.97. The highest BCUT2D eigenvalue weighted by atomic mass is 28.3. The Morgan fingerprint density at radius 3 is 2.21 bits per heavy atom. The molecule has 78 valence electrons. The van der Waals surface area contributed by atoms with Gasteiger partial charge in [-0.1, -0.05) is 62.0 Å². The Labute approximate surface area is 87.8 Å². The van der Waals surface area contributed by atoms with E-state index in [2.05, 4.69) is 44.3 Å². The molecule has 14 heavy (non-hydrogen) atoms. The Kier molecular flexibility index (Phi) is 3.90. The normalized spacial score (nSPS) is 14.0. The van der Waals surface area contributed by atoms with Gasteiger partial charge in [0.05, 0.1) is 8.07 Å². The predicted molar refractivity (Wildman–Crippen MR) is 64.7 cm³/mol. The van der Waals surface area contributed by atoms with Crippen LogP contribution in [0.3, 0.4) is 0 Å². The van der Waals surface area contributed by atoms with Gasteiger partial charge in [0.1, 0.15) is 0 Å². The van der Waals surface area contributed by atoms with Crippen LogP contribution in [0.15, 0.2) is 30.3 Å². The van der Waals surface area contributed by atoms with Crippen molar-refractivity contribution in [2.75, 3.05) is 6.61 Å². The fraction of sp³-hybridized carbons (Fsp3) is 0.500. The van der Waals surface area contributed by atoms with Crippen LogP contribution in [0.4, 0.5) is 0 Å². The van der Waals surface area contributed by atoms with Crippen LogP contribution in [0, 0.1) is 0 Å². The SMILES string of the molecule is CCC(CO)[Si](C)(C)c1ccccc1. The maximum absolute atomic E-state index is 9.36. The standard InChI is InChI=1S/C12H20OSi/c1-4-11(10-13)14(2,3)12-8-6-5-7-9-12/h5-9,11,13H,4,10H2,1-3H3. The molecule has 0 aliphatic heterocycles. The molecule has 1 nitrogen and oxygen atoms in total. The van der Waals surface area contributed by atoms with Gasteiger partial charge in [0.2, 0.25) is 0 Å². The van der Waals surface area contributed by atoms with Gasteiger partial charge in [-0.25, -0.2) is 0 Å². The predicted octanol–water partition coefficient (Wildman–Crippen LogP) is 2.37. The summed E-state index contributed by atoms with van der Waals surface area (Å²) in [5.74, 6) is 0. The highest BCUT2D eigenvalue weighted by Gasteiger charge is 2.31. The van der Waals surface area contributed by atoms with Crippen molar-refractivity contribution in [2.45, 2.75) is 32.0 Å². The van der Waals surface area contributed by atoms with Gasteiger partial charge >= 0.3 is 0 Å². The molecule has 1 aromatic rings. The van der Waals surface area contributed by atoms with Crippen LogP contribution in [0.1, 0.15) is 13.3 Å². The average Bonchev–Trinajstić information content (AvgIpc) is 2.20. The Balaban J connectivity index is 2.94. The van der Waals surface area contributed by atoms with Crippen molar-refractivity contribution >= 4 is 13.3 Å². The maximum Gasteiger partial charge on any atom is 0.0859 e. The zero-order valence-electron chi connectivity index (χ0n) is 9.33. The second kappa shape index (κ2) is 4.76. The third kappa shape index (κ3) is 2.25. The van der Waals surface area contributed by atoms with Gasteiger partial charge < -0.3 is 5.11 Å². The van der Waals surface area contributed by atoms with E-state index in [0.29, 0.717) is 12.1 Å². The molecule has 1 atom stereocenters. The Morgan fingerprint density at radius 1 is 1.21 bits per heavy atom. The molecular formula is C12H20OSi. The largest absolute Gasteiger partial charge is 0.396 e. The summed E-state index contributed by atoms with van der Waals surface area (Å²) in [7, 11) is -1.46. The molecule has 0 amide bonds. The molecule has 0 radical (unpaired) electrons. The van der Waals surface area contributed by atoms with Crippen molar-refractivity contribution in [3.8, 4) is 0 Å². The molecule has 1 N–H and O–H groups in total. The molecule has 0 aliphatic rings. The van der Waals surface area contributed by atoms with Crippen LogP contribution >= 0.6 is 0 Å². The highest BCUT2D eigenvalue weighted by Crippen LogP contribution is 2.24. The minimum Gasteiger partial charge on any atom is -0.396 e. The van der Waals surface area contributed by atoms with Gasteiger partial charge in [-0.2, -0.15) is 0 Å². The molecule has 0 aromatic heterocycles. The second-order valence-corrected chi connectivity index (χ2v) is 9.21. The van der Waals surface area contributed by atoms with E-state index in [1.165, 1.54) is 5.19 Å². The Bertz CT molecular complexity index is 265. The summed E-state index contributed by atoms with van der Waals surface area (Å²) in [5.41, 5.74) is 0.477. The summed E-state index contributed by atoms with van der Waals surface area (Å²) < 4.78 is 0. The first-order valence-electron chi connectivity index (χ1n) is 5.29. The van der Waals surface area contributed by atoms with Gasteiger partial charge in [0.25, 0.3) is 0 Å². The molecule has 1 unspecified atom stereocenters. The molecule has 0 fully saturated rings. The van der Waals surface area contributed by atoms with Crippen molar-refractivity contribution in [1.29, 1.82) is 0 Å². The monoisotopic (exact) mass is 208 g/mol. The van der Waals surface area contributed by atoms with Gasteiger partial charge in [0, 0.05) is 6.61 Å². The third-order valence-corrected chi connectivity index (χ3v) is 7.71. The quantitative estimate of drug-likeness (QED) is 0.753. The van der Waals surface area contributed by atoms with Crippen LogP contribution in [0.5, 0.6) is 0 Å². The average molecular weight is 208 g/mol. The molecule has 0 heterocycles. The minimum absolute atomic E-state index is 0.324. The van der Waals surface area contributed by atoms with Gasteiger partial charge in [-0.3, -0.25) is 0 Å². The molecule has 0 bridgehead atoms. The lowest BCUT2D eigenvalue weighted by Gasteiger charge is -2.30. The minimum atomic E-state index is -1.46. The summed E-state index contributed by atoms with van der Waals surface area (Å²) >= 11 is 0. The summed E-state index contributed by atoms with van der Waals surface area (Å²) in [6.07, 6.45) is 1.07. The first-order chi connectivity index (χ1) is 6.62. The van der Waals surface area contributed by atoms with Crippen LogP contribution in [-0.2, 0) is 0 Å². The topological polar surface area (TPSA) is 20.2 Å². The molecule has 0 aliphatic carbocycles. The highest BCUT2D eigenvalue weighted by molar-refractivity contribution is 6.91. The van der Waals surface area contributed by atoms with E-state index in [0.717, 1.165) is 6.42 Å². The number of benzene rings is 1. The lowest BCUT2D eigenvalue weighted by atomic mass is 10.3. The first kappa shape index (κ1) is 11.5. The van der Waals surface area contributed by atoms with E-state index in [-0.39, 0.29) is 0 Å². The lowest BCUT2D eigenvalue weighted by Crippen LogP contribution is -2.47. The van der Waals surface area contributed by atoms with E-state index in [1.807, 2.05) is 6.07 Å². The van der Waals surface area contributed by atoms with Gasteiger partial charge in [-0.05, 0) is 5.54 Å². The first-order valence-corrected chi connectivity index (χ1v) is 8.37. The number of aliphatic hydroxyl groups excluding tert-OH is 1. The van der Waals surface area contributed by atoms with Gasteiger partial charge in [-0.15, -0.1) is 0 Å². The fourth-order valence-electron chi connectivity index (χ4n) is 1.97. The summed E-state index contributed by atoms with van der Waals surface area (Å²) in [4.78, 5) is 0. The van der Waals surface area contributed by atoms with Crippen LogP contribution < -0.4 is 5.19 Å². The molecule has 2 heteroatoms. The van der Waals surface area contributed by atoms with E-state index < -0.39 is 8.07 Å². The van der Waals surface area contributed by atoms with Crippen LogP contribution in [0.25, 0.3) is 0 Å². The lowest BCUT2D eigenvalue weighted by molar-refractivity contribution is 0.284. The summed E-state index contributed by atoms with van der Waals surface area (Å²) in [5, 5.41) is 10.8. The van der Waals surface area contributed by atoms with Crippen LogP contribution in [0.2, 0.25) is 18.6 Å². The van der Waals surface area contributed by atoms with Crippen molar-refractivity contribution in [3.05, 3.63) is 30.3 Å². The molecule has 0 saturated heterocycles. The Morgan fingerprint density at radius 2 is 1.79 bits per heavy atom. The smallest absolute Gasteiger partial charge is 0.0859 e. The number of rotatable bonds is 4. The molecule has 1 aromatic carbocycles. The van der Waals surface area contributed by atoms with Crippen LogP contribution in [-0.4, -0.2) is 19.8 Å². The molecule has 1 rings (SSSR count). The Hall–Kier alpha value is -0.603. The molecular weight excluding hydrogens is 188 g/mol. The van der Waals surface area contributed by atoms with Gasteiger partial charge in [0.15, 0.2) is 0 Å². The van der Waals surface area contributed by atoms with Crippen molar-refractivity contribution < 1.29 is 5.11 Å². The van der Waals surface area contributed by atoms with E-state index >= 15 is 0 Å². The van der Waals surface area contributed by atoms with Crippen molar-refractivity contribution in [1.82, 2.24) is 0 Å². The van der Waals surface area contributed by atoms with Crippen molar-refractivity contribution in [2.24, 2.45) is 0 Å². The number of hydrogen-bond donors (Lipinski definition) is 1. The second-order valence-electron chi connectivity index (χ2n) is 4.38. The van der Waals surface area contributed by atoms with E-state index in [9.17, 15) is 5.11 Å². The summed E-state index contributed by atoms with van der Waals surface area (Å²) in [6.45, 7) is 7.17. The summed E-state index contributed by atoms with van der Waals surface area (Å²) in [6, 6.07) is 10.6. The third-order valence-electron chi connectivity index (χ3n) is 3.25. The molecule has 0 saturated carbocycles. The maximum atomic E-state index is 9.36.